The third-order valence-electron chi connectivity index (χ3n) is 2.04. The lowest BCUT2D eigenvalue weighted by Gasteiger charge is -2.03. The second-order valence-corrected chi connectivity index (χ2v) is 2.80. The van der Waals surface area contributed by atoms with Gasteiger partial charge in [-0.1, -0.05) is 0 Å². The Hall–Kier alpha value is -1.58. The summed E-state index contributed by atoms with van der Waals surface area (Å²) in [5, 5.41) is 8.73. The first-order valence-electron chi connectivity index (χ1n) is 3.87. The molecular weight excluding hydrogens is 175 g/mol. The van der Waals surface area contributed by atoms with Crippen molar-refractivity contribution in [3.63, 3.8) is 0 Å². The standard InChI is InChI=1S/C9H7FO3/c10-6-1-2-7-5(3-4-13-7)8(6)9(11)12/h1-2H,3-4H2,(H,11,12). The molecule has 1 aromatic rings. The fourth-order valence-electron chi connectivity index (χ4n) is 1.48. The molecule has 0 unspecified atom stereocenters. The average molecular weight is 182 g/mol. The number of benzene rings is 1. The number of hydrogen-bond donors (Lipinski definition) is 1. The maximum atomic E-state index is 13.1. The zero-order chi connectivity index (χ0) is 9.42. The zero-order valence-electron chi connectivity index (χ0n) is 6.71. The van der Waals surface area contributed by atoms with E-state index in [1.54, 1.807) is 0 Å². The van der Waals surface area contributed by atoms with Gasteiger partial charge in [0.2, 0.25) is 0 Å². The minimum Gasteiger partial charge on any atom is -0.493 e. The number of ether oxygens (including phenoxy) is 1. The molecule has 13 heavy (non-hydrogen) atoms. The lowest BCUT2D eigenvalue weighted by Crippen LogP contribution is -2.04. The first kappa shape index (κ1) is 8.04. The first-order valence-corrected chi connectivity index (χ1v) is 3.87. The van der Waals surface area contributed by atoms with Crippen molar-refractivity contribution in [2.45, 2.75) is 6.42 Å². The van der Waals surface area contributed by atoms with Crippen molar-refractivity contribution in [2.75, 3.05) is 6.61 Å². The summed E-state index contributed by atoms with van der Waals surface area (Å²) >= 11 is 0. The Kier molecular flexibility index (Phi) is 1.69. The van der Waals surface area contributed by atoms with E-state index in [0.717, 1.165) is 6.07 Å². The molecule has 1 N–H and O–H groups in total. The highest BCUT2D eigenvalue weighted by Crippen LogP contribution is 2.29. The van der Waals surface area contributed by atoms with Crippen molar-refractivity contribution in [2.24, 2.45) is 0 Å². The Bertz CT molecular complexity index is 373. The van der Waals surface area contributed by atoms with Gasteiger partial charge in [-0.05, 0) is 12.1 Å². The third kappa shape index (κ3) is 1.14. The number of fused-ring (bicyclic) bond motifs is 1. The maximum absolute atomic E-state index is 13.1. The Morgan fingerprint density at radius 1 is 1.54 bits per heavy atom. The van der Waals surface area contributed by atoms with E-state index in [1.165, 1.54) is 6.07 Å². The number of carboxylic acids is 1. The molecule has 0 atom stereocenters. The van der Waals surface area contributed by atoms with Crippen molar-refractivity contribution >= 4 is 5.97 Å². The first-order chi connectivity index (χ1) is 6.20. The molecule has 3 nitrogen and oxygen atoms in total. The molecule has 0 fully saturated rings. The van der Waals surface area contributed by atoms with E-state index in [-0.39, 0.29) is 5.56 Å². The Morgan fingerprint density at radius 2 is 2.31 bits per heavy atom. The third-order valence-corrected chi connectivity index (χ3v) is 2.04. The van der Waals surface area contributed by atoms with E-state index in [0.29, 0.717) is 24.3 Å². The predicted molar refractivity (Wildman–Crippen MR) is 42.6 cm³/mol. The van der Waals surface area contributed by atoms with Gasteiger partial charge in [0, 0.05) is 12.0 Å². The van der Waals surface area contributed by atoms with E-state index in [4.69, 9.17) is 9.84 Å². The van der Waals surface area contributed by atoms with E-state index in [9.17, 15) is 9.18 Å². The Balaban J connectivity index is 2.65. The number of carboxylic acid groups (broad SMARTS) is 1. The molecule has 0 aliphatic carbocycles. The van der Waals surface area contributed by atoms with Crippen LogP contribution in [0, 0.1) is 5.82 Å². The van der Waals surface area contributed by atoms with Crippen LogP contribution in [-0.4, -0.2) is 17.7 Å². The summed E-state index contributed by atoms with van der Waals surface area (Å²) < 4.78 is 18.2. The van der Waals surface area contributed by atoms with Crippen molar-refractivity contribution in [1.82, 2.24) is 0 Å². The highest BCUT2D eigenvalue weighted by molar-refractivity contribution is 5.90. The number of carbonyl (C=O) groups is 1. The molecule has 4 heteroatoms. The van der Waals surface area contributed by atoms with Crippen molar-refractivity contribution in [1.29, 1.82) is 0 Å². The van der Waals surface area contributed by atoms with Crippen molar-refractivity contribution in [3.05, 3.63) is 29.1 Å². The lowest BCUT2D eigenvalue weighted by atomic mass is 10.0. The van der Waals surface area contributed by atoms with Crippen LogP contribution in [0.1, 0.15) is 15.9 Å². The molecule has 1 aliphatic heterocycles. The summed E-state index contributed by atoms with van der Waals surface area (Å²) in [7, 11) is 0. The number of rotatable bonds is 1. The lowest BCUT2D eigenvalue weighted by molar-refractivity contribution is 0.0691. The van der Waals surface area contributed by atoms with Gasteiger partial charge in [0.1, 0.15) is 17.1 Å². The SMILES string of the molecule is O=C(O)c1c(F)ccc2c1CCO2. The van der Waals surface area contributed by atoms with Crippen LogP contribution in [-0.2, 0) is 6.42 Å². The summed E-state index contributed by atoms with van der Waals surface area (Å²) in [6.07, 6.45) is 0.467. The van der Waals surface area contributed by atoms with Crippen LogP contribution in [0.25, 0.3) is 0 Å². The predicted octanol–water partition coefficient (Wildman–Crippen LogP) is 1.46. The zero-order valence-corrected chi connectivity index (χ0v) is 6.71. The van der Waals surface area contributed by atoms with Crippen molar-refractivity contribution < 1.29 is 19.0 Å². The summed E-state index contributed by atoms with van der Waals surface area (Å²) in [6.45, 7) is 0.430. The summed E-state index contributed by atoms with van der Waals surface area (Å²) in [6, 6.07) is 2.58. The van der Waals surface area contributed by atoms with Crippen molar-refractivity contribution in [3.8, 4) is 5.75 Å². The molecule has 0 bridgehead atoms. The highest BCUT2D eigenvalue weighted by atomic mass is 19.1. The molecule has 0 saturated heterocycles. The number of aromatic carboxylic acids is 1. The second-order valence-electron chi connectivity index (χ2n) is 2.80. The van der Waals surface area contributed by atoms with Gasteiger partial charge in [-0.3, -0.25) is 0 Å². The quantitative estimate of drug-likeness (QED) is 0.715. The molecule has 1 heterocycles. The smallest absolute Gasteiger partial charge is 0.339 e. The monoisotopic (exact) mass is 182 g/mol. The average Bonchev–Trinajstić information content (AvgIpc) is 2.50. The van der Waals surface area contributed by atoms with Crippen LogP contribution in [0.15, 0.2) is 12.1 Å². The van der Waals surface area contributed by atoms with Crippen LogP contribution in [0.5, 0.6) is 5.75 Å². The van der Waals surface area contributed by atoms with E-state index < -0.39 is 11.8 Å². The normalized spacial score (nSPS) is 13.6. The van der Waals surface area contributed by atoms with Crippen LogP contribution >= 0.6 is 0 Å². The molecule has 0 amide bonds. The Morgan fingerprint density at radius 3 is 3.00 bits per heavy atom. The largest absolute Gasteiger partial charge is 0.493 e. The highest BCUT2D eigenvalue weighted by Gasteiger charge is 2.23. The fraction of sp³-hybridized carbons (Fsp3) is 0.222. The van der Waals surface area contributed by atoms with Crippen LogP contribution in [0.2, 0.25) is 0 Å². The molecule has 2 rings (SSSR count). The van der Waals surface area contributed by atoms with Gasteiger partial charge in [-0.15, -0.1) is 0 Å². The molecule has 0 radical (unpaired) electrons. The van der Waals surface area contributed by atoms with Gasteiger partial charge in [0.15, 0.2) is 0 Å². The fourth-order valence-corrected chi connectivity index (χ4v) is 1.48. The molecule has 0 saturated carbocycles. The second kappa shape index (κ2) is 2.73. The molecular formula is C9H7FO3. The van der Waals surface area contributed by atoms with Gasteiger partial charge in [-0.2, -0.15) is 0 Å². The molecule has 0 spiro atoms. The van der Waals surface area contributed by atoms with Gasteiger partial charge < -0.3 is 9.84 Å². The van der Waals surface area contributed by atoms with Gasteiger partial charge in [0.05, 0.1) is 6.61 Å². The van der Waals surface area contributed by atoms with Crippen LogP contribution < -0.4 is 4.74 Å². The summed E-state index contributed by atoms with van der Waals surface area (Å²) in [5.74, 6) is -1.45. The molecule has 1 aromatic carbocycles. The minimum absolute atomic E-state index is 0.255. The number of hydrogen-bond acceptors (Lipinski definition) is 2. The minimum atomic E-state index is -1.24. The van der Waals surface area contributed by atoms with E-state index >= 15 is 0 Å². The Labute approximate surface area is 73.8 Å². The summed E-state index contributed by atoms with van der Waals surface area (Å²) in [4.78, 5) is 10.7. The van der Waals surface area contributed by atoms with E-state index in [1.807, 2.05) is 0 Å². The topological polar surface area (TPSA) is 46.5 Å². The van der Waals surface area contributed by atoms with E-state index in [2.05, 4.69) is 0 Å². The van der Waals surface area contributed by atoms with Crippen LogP contribution in [0.3, 0.4) is 0 Å². The molecule has 68 valence electrons. The van der Waals surface area contributed by atoms with Gasteiger partial charge in [-0.25, -0.2) is 9.18 Å². The van der Waals surface area contributed by atoms with Gasteiger partial charge in [0.25, 0.3) is 0 Å². The number of halogens is 1. The maximum Gasteiger partial charge on any atom is 0.339 e. The van der Waals surface area contributed by atoms with Gasteiger partial charge >= 0.3 is 5.97 Å². The molecule has 0 aromatic heterocycles. The summed E-state index contributed by atoms with van der Waals surface area (Å²) in [5.41, 5.74) is 0.211. The van der Waals surface area contributed by atoms with Crippen LogP contribution in [0.4, 0.5) is 4.39 Å². The molecule has 1 aliphatic rings.